The molecular formula is C31H42O2. The largest absolute Gasteiger partial charge is 0.494 e. The highest BCUT2D eigenvalue weighted by Crippen LogP contribution is 2.14. The number of benzene rings is 2. The predicted octanol–water partition coefficient (Wildman–Crippen LogP) is 8.73. The van der Waals surface area contributed by atoms with Crippen molar-refractivity contribution in [3.05, 3.63) is 71.8 Å². The smallest absolute Gasteiger partial charge is 0.119 e. The second-order valence-electron chi connectivity index (χ2n) is 8.55. The van der Waals surface area contributed by atoms with E-state index in [-0.39, 0.29) is 0 Å². The van der Waals surface area contributed by atoms with Crippen molar-refractivity contribution in [2.75, 3.05) is 13.2 Å². The lowest BCUT2D eigenvalue weighted by atomic mass is 10.1. The van der Waals surface area contributed by atoms with Gasteiger partial charge in [-0.3, -0.25) is 0 Å². The second-order valence-corrected chi connectivity index (χ2v) is 8.55. The highest BCUT2D eigenvalue weighted by molar-refractivity contribution is 5.45. The molecule has 0 aliphatic carbocycles. The number of allylic oxidation sites excluding steroid dienone is 1. The molecule has 0 aliphatic heterocycles. The molecule has 0 unspecified atom stereocenters. The summed E-state index contributed by atoms with van der Waals surface area (Å²) < 4.78 is 11.6. The SMILES string of the molecule is CCCCCCC=CCOc1ccc(C#Cc2ccc(OCCCCCCCC)cc2)cc1. The van der Waals surface area contributed by atoms with Crippen LogP contribution in [-0.4, -0.2) is 13.2 Å². The highest BCUT2D eigenvalue weighted by atomic mass is 16.5. The molecule has 2 rings (SSSR count). The molecule has 0 spiro atoms. The molecule has 2 nitrogen and oxygen atoms in total. The van der Waals surface area contributed by atoms with Gasteiger partial charge in [0.05, 0.1) is 6.61 Å². The zero-order valence-electron chi connectivity index (χ0n) is 20.8. The van der Waals surface area contributed by atoms with Crippen LogP contribution in [0.4, 0.5) is 0 Å². The standard InChI is InChI=1S/C31H42O2/c1-3-5-7-9-11-13-15-27-33-31-24-20-29(21-25-31)17-16-28-18-22-30(23-19-28)32-26-14-12-10-8-6-4-2/h13,15,18-25H,3-12,14,26-27H2,1-2H3. The number of hydrogen-bond acceptors (Lipinski definition) is 2. The fraction of sp³-hybridized carbons (Fsp3) is 0.484. The van der Waals surface area contributed by atoms with E-state index in [2.05, 4.69) is 37.8 Å². The number of rotatable bonds is 16. The molecular weight excluding hydrogens is 404 g/mol. The normalized spacial score (nSPS) is 10.7. The minimum absolute atomic E-state index is 0.617. The Bertz CT molecular complexity index is 822. The van der Waals surface area contributed by atoms with Gasteiger partial charge in [-0.05, 0) is 67.8 Å². The van der Waals surface area contributed by atoms with Gasteiger partial charge >= 0.3 is 0 Å². The molecule has 33 heavy (non-hydrogen) atoms. The Labute approximate surface area is 202 Å². The first-order valence-corrected chi connectivity index (χ1v) is 12.9. The summed E-state index contributed by atoms with van der Waals surface area (Å²) >= 11 is 0. The lowest BCUT2D eigenvalue weighted by molar-refractivity contribution is 0.304. The Kier molecular flexibility index (Phi) is 14.4. The zero-order valence-corrected chi connectivity index (χ0v) is 20.8. The van der Waals surface area contributed by atoms with Crippen molar-refractivity contribution in [2.24, 2.45) is 0 Å². The van der Waals surface area contributed by atoms with Crippen LogP contribution in [0.25, 0.3) is 0 Å². The summed E-state index contributed by atoms with van der Waals surface area (Å²) in [6, 6.07) is 16.1. The van der Waals surface area contributed by atoms with Crippen molar-refractivity contribution < 1.29 is 9.47 Å². The van der Waals surface area contributed by atoms with E-state index in [9.17, 15) is 0 Å². The van der Waals surface area contributed by atoms with Crippen LogP contribution in [0.15, 0.2) is 60.7 Å². The average molecular weight is 447 g/mol. The summed E-state index contributed by atoms with van der Waals surface area (Å²) in [5, 5.41) is 0. The topological polar surface area (TPSA) is 18.5 Å². The van der Waals surface area contributed by atoms with Crippen LogP contribution in [0.2, 0.25) is 0 Å². The van der Waals surface area contributed by atoms with Crippen molar-refractivity contribution in [1.82, 2.24) is 0 Å². The molecule has 0 fully saturated rings. The van der Waals surface area contributed by atoms with Gasteiger partial charge in [0.2, 0.25) is 0 Å². The molecule has 2 aromatic rings. The minimum atomic E-state index is 0.617. The zero-order chi connectivity index (χ0) is 23.4. The van der Waals surface area contributed by atoms with Crippen molar-refractivity contribution in [3.8, 4) is 23.3 Å². The van der Waals surface area contributed by atoms with Gasteiger partial charge < -0.3 is 9.47 Å². The van der Waals surface area contributed by atoms with Crippen molar-refractivity contribution in [2.45, 2.75) is 84.5 Å². The summed E-state index contributed by atoms with van der Waals surface area (Å²) in [5.41, 5.74) is 1.98. The Hall–Kier alpha value is -2.66. The van der Waals surface area contributed by atoms with E-state index >= 15 is 0 Å². The van der Waals surface area contributed by atoms with Gasteiger partial charge in [0.25, 0.3) is 0 Å². The molecule has 0 saturated heterocycles. The van der Waals surface area contributed by atoms with Gasteiger partial charge in [-0.1, -0.05) is 89.2 Å². The van der Waals surface area contributed by atoms with Crippen molar-refractivity contribution >= 4 is 0 Å². The van der Waals surface area contributed by atoms with Gasteiger partial charge in [0, 0.05) is 11.1 Å². The van der Waals surface area contributed by atoms with Gasteiger partial charge in [0.15, 0.2) is 0 Å². The van der Waals surface area contributed by atoms with Gasteiger partial charge in [0.1, 0.15) is 18.1 Å². The van der Waals surface area contributed by atoms with Crippen LogP contribution < -0.4 is 9.47 Å². The third kappa shape index (κ3) is 12.8. The van der Waals surface area contributed by atoms with Crippen molar-refractivity contribution in [1.29, 1.82) is 0 Å². The highest BCUT2D eigenvalue weighted by Gasteiger charge is 1.96. The van der Waals surface area contributed by atoms with Crippen LogP contribution in [0, 0.1) is 11.8 Å². The Morgan fingerprint density at radius 2 is 1.09 bits per heavy atom. The van der Waals surface area contributed by atoms with Crippen molar-refractivity contribution in [3.63, 3.8) is 0 Å². The number of hydrogen-bond donors (Lipinski definition) is 0. The molecule has 0 aliphatic rings. The third-order valence-corrected chi connectivity index (χ3v) is 5.56. The first-order valence-electron chi connectivity index (χ1n) is 12.9. The summed E-state index contributed by atoms with van der Waals surface area (Å²) in [5.74, 6) is 8.25. The van der Waals surface area contributed by atoms with Crippen LogP contribution in [0.3, 0.4) is 0 Å². The Morgan fingerprint density at radius 3 is 1.70 bits per heavy atom. The first kappa shape index (κ1) is 26.6. The summed E-state index contributed by atoms with van der Waals surface area (Å²) in [4.78, 5) is 0. The fourth-order valence-electron chi connectivity index (χ4n) is 3.50. The molecule has 0 heterocycles. The summed E-state index contributed by atoms with van der Waals surface area (Å²) in [7, 11) is 0. The van der Waals surface area contributed by atoms with Crippen LogP contribution in [0.5, 0.6) is 11.5 Å². The van der Waals surface area contributed by atoms with Gasteiger partial charge in [-0.2, -0.15) is 0 Å². The van der Waals surface area contributed by atoms with E-state index < -0.39 is 0 Å². The molecule has 0 atom stereocenters. The molecule has 178 valence electrons. The van der Waals surface area contributed by atoms with E-state index in [0.29, 0.717) is 6.61 Å². The Morgan fingerprint density at radius 1 is 0.576 bits per heavy atom. The summed E-state index contributed by atoms with van der Waals surface area (Å²) in [6.07, 6.45) is 18.4. The van der Waals surface area contributed by atoms with Crippen LogP contribution in [-0.2, 0) is 0 Å². The lowest BCUT2D eigenvalue weighted by Crippen LogP contribution is -1.97. The minimum Gasteiger partial charge on any atom is -0.494 e. The fourth-order valence-corrected chi connectivity index (χ4v) is 3.50. The van der Waals surface area contributed by atoms with E-state index in [4.69, 9.17) is 9.47 Å². The van der Waals surface area contributed by atoms with E-state index in [0.717, 1.165) is 42.1 Å². The maximum atomic E-state index is 5.85. The van der Waals surface area contributed by atoms with Gasteiger partial charge in [-0.15, -0.1) is 0 Å². The van der Waals surface area contributed by atoms with Crippen LogP contribution in [0.1, 0.15) is 95.6 Å². The molecule has 2 aromatic carbocycles. The number of ether oxygens (including phenoxy) is 2. The van der Waals surface area contributed by atoms with Gasteiger partial charge in [-0.25, -0.2) is 0 Å². The third-order valence-electron chi connectivity index (χ3n) is 5.56. The number of unbranched alkanes of at least 4 members (excludes halogenated alkanes) is 9. The van der Waals surface area contributed by atoms with E-state index in [1.807, 2.05) is 48.5 Å². The second kappa shape index (κ2) is 17.8. The molecule has 0 N–H and O–H groups in total. The maximum absolute atomic E-state index is 5.85. The van der Waals surface area contributed by atoms with Crippen LogP contribution >= 0.6 is 0 Å². The molecule has 0 saturated carbocycles. The van der Waals surface area contributed by atoms with E-state index in [1.165, 1.54) is 57.8 Å². The maximum Gasteiger partial charge on any atom is 0.119 e. The predicted molar refractivity (Wildman–Crippen MR) is 141 cm³/mol. The molecule has 0 amide bonds. The molecule has 2 heteroatoms. The monoisotopic (exact) mass is 446 g/mol. The summed E-state index contributed by atoms with van der Waals surface area (Å²) in [6.45, 7) is 5.90. The lowest BCUT2D eigenvalue weighted by Gasteiger charge is -2.06. The molecule has 0 radical (unpaired) electrons. The molecule has 0 bridgehead atoms. The average Bonchev–Trinajstić information content (AvgIpc) is 2.85. The quantitative estimate of drug-likeness (QED) is 0.146. The first-order chi connectivity index (χ1) is 16.3. The molecule has 0 aromatic heterocycles. The Balaban J connectivity index is 1.67. The van der Waals surface area contributed by atoms with E-state index in [1.54, 1.807) is 0 Å².